The molecule has 3 heterocycles. The lowest BCUT2D eigenvalue weighted by Crippen LogP contribution is -2.36. The molecule has 0 aliphatic heterocycles. The number of fused-ring (bicyclic) bond motifs is 1. The van der Waals surface area contributed by atoms with Crippen molar-refractivity contribution in [3.05, 3.63) is 36.8 Å². The number of methoxy groups -OCH3 is 1. The molecular weight excluding hydrogens is 374 g/mol. The van der Waals surface area contributed by atoms with Gasteiger partial charge in [-0.1, -0.05) is 0 Å². The number of likely N-dealkylation sites (N-methyl/N-ethyl adjacent to an activating group) is 1. The van der Waals surface area contributed by atoms with E-state index in [2.05, 4.69) is 15.1 Å². The molecule has 0 N–H and O–H groups in total. The molecule has 0 aliphatic carbocycles. The minimum atomic E-state index is -0.537. The second-order valence-corrected chi connectivity index (χ2v) is 7.40. The molecule has 0 fully saturated rings. The summed E-state index contributed by atoms with van der Waals surface area (Å²) in [6, 6.07) is 5.44. The number of hydrogen-bond donors (Lipinski definition) is 0. The van der Waals surface area contributed by atoms with Crippen molar-refractivity contribution in [2.75, 3.05) is 27.3 Å². The third kappa shape index (κ3) is 4.92. The van der Waals surface area contributed by atoms with Crippen LogP contribution in [-0.4, -0.2) is 63.5 Å². The van der Waals surface area contributed by atoms with Crippen LogP contribution in [0.25, 0.3) is 16.8 Å². The highest BCUT2D eigenvalue weighted by Gasteiger charge is 2.19. The molecule has 9 heteroatoms. The number of ether oxygens (including phenoxy) is 3. The Hall–Kier alpha value is -3.36. The van der Waals surface area contributed by atoms with Crippen LogP contribution < -0.4 is 9.47 Å². The van der Waals surface area contributed by atoms with Crippen LogP contribution in [0.3, 0.4) is 0 Å². The van der Waals surface area contributed by atoms with Crippen LogP contribution in [0.4, 0.5) is 4.79 Å². The monoisotopic (exact) mass is 399 g/mol. The van der Waals surface area contributed by atoms with Gasteiger partial charge in [0.05, 0.1) is 25.4 Å². The van der Waals surface area contributed by atoms with E-state index in [1.54, 1.807) is 43.3 Å². The molecule has 9 nitrogen and oxygen atoms in total. The number of pyridine rings is 1. The predicted octanol–water partition coefficient (Wildman–Crippen LogP) is 3.05. The first kappa shape index (κ1) is 20.4. The van der Waals surface area contributed by atoms with Crippen molar-refractivity contribution in [2.24, 2.45) is 0 Å². The Morgan fingerprint density at radius 1 is 1.24 bits per heavy atom. The fourth-order valence-corrected chi connectivity index (χ4v) is 2.60. The SMILES string of the molecule is COc1ncccc1-c1cnn2ccc(OCCN(C)C(=O)OC(C)(C)C)nc12. The van der Waals surface area contributed by atoms with Gasteiger partial charge in [0.2, 0.25) is 11.8 Å². The quantitative estimate of drug-likeness (QED) is 0.629. The summed E-state index contributed by atoms with van der Waals surface area (Å²) in [5.74, 6) is 0.925. The van der Waals surface area contributed by atoms with E-state index < -0.39 is 11.7 Å². The molecule has 0 bridgehead atoms. The molecule has 0 saturated heterocycles. The zero-order valence-electron chi connectivity index (χ0n) is 17.2. The van der Waals surface area contributed by atoms with Gasteiger partial charge in [-0.15, -0.1) is 0 Å². The van der Waals surface area contributed by atoms with Crippen LogP contribution in [-0.2, 0) is 4.74 Å². The highest BCUT2D eigenvalue weighted by molar-refractivity contribution is 5.80. The van der Waals surface area contributed by atoms with Gasteiger partial charge in [-0.25, -0.2) is 14.3 Å². The van der Waals surface area contributed by atoms with Crippen molar-refractivity contribution in [3.63, 3.8) is 0 Å². The molecule has 0 radical (unpaired) electrons. The van der Waals surface area contributed by atoms with Crippen molar-refractivity contribution in [1.29, 1.82) is 0 Å². The van der Waals surface area contributed by atoms with Crippen molar-refractivity contribution in [3.8, 4) is 22.9 Å². The molecule has 3 aromatic heterocycles. The minimum Gasteiger partial charge on any atom is -0.481 e. The third-order valence-corrected chi connectivity index (χ3v) is 3.98. The number of hydrogen-bond acceptors (Lipinski definition) is 7. The first-order valence-electron chi connectivity index (χ1n) is 9.19. The number of amides is 1. The lowest BCUT2D eigenvalue weighted by molar-refractivity contribution is 0.0277. The molecule has 0 spiro atoms. The Balaban J connectivity index is 1.71. The first-order valence-corrected chi connectivity index (χ1v) is 9.19. The van der Waals surface area contributed by atoms with Crippen molar-refractivity contribution >= 4 is 11.7 Å². The zero-order valence-corrected chi connectivity index (χ0v) is 17.2. The van der Waals surface area contributed by atoms with Gasteiger partial charge in [0, 0.05) is 31.1 Å². The Bertz CT molecular complexity index is 996. The smallest absolute Gasteiger partial charge is 0.410 e. The van der Waals surface area contributed by atoms with Crippen LogP contribution >= 0.6 is 0 Å². The molecule has 0 unspecified atom stereocenters. The summed E-state index contributed by atoms with van der Waals surface area (Å²) in [6.45, 7) is 6.13. The van der Waals surface area contributed by atoms with Gasteiger partial charge in [-0.3, -0.25) is 0 Å². The van der Waals surface area contributed by atoms with Crippen LogP contribution in [0.2, 0.25) is 0 Å². The lowest BCUT2D eigenvalue weighted by Gasteiger charge is -2.24. The van der Waals surface area contributed by atoms with E-state index in [9.17, 15) is 4.79 Å². The van der Waals surface area contributed by atoms with E-state index in [4.69, 9.17) is 14.2 Å². The maximum Gasteiger partial charge on any atom is 0.410 e. The van der Waals surface area contributed by atoms with Gasteiger partial charge in [-0.2, -0.15) is 10.1 Å². The fraction of sp³-hybridized carbons (Fsp3) is 0.400. The standard InChI is InChI=1S/C20H25N5O4/c1-20(2,3)29-19(26)24(4)11-12-28-16-8-10-25-17(23-16)15(13-22-25)14-7-6-9-21-18(14)27-5/h6-10,13H,11-12H2,1-5H3. The van der Waals surface area contributed by atoms with E-state index in [-0.39, 0.29) is 6.61 Å². The maximum atomic E-state index is 12.0. The minimum absolute atomic E-state index is 0.276. The molecule has 0 saturated carbocycles. The Morgan fingerprint density at radius 3 is 2.76 bits per heavy atom. The highest BCUT2D eigenvalue weighted by Crippen LogP contribution is 2.30. The topological polar surface area (TPSA) is 91.1 Å². The van der Waals surface area contributed by atoms with Gasteiger partial charge < -0.3 is 19.1 Å². The van der Waals surface area contributed by atoms with Gasteiger partial charge in [0.25, 0.3) is 0 Å². The molecule has 0 aliphatic rings. The Morgan fingerprint density at radius 2 is 2.03 bits per heavy atom. The van der Waals surface area contributed by atoms with E-state index in [1.165, 1.54) is 4.90 Å². The van der Waals surface area contributed by atoms with E-state index in [0.29, 0.717) is 24.0 Å². The molecule has 29 heavy (non-hydrogen) atoms. The van der Waals surface area contributed by atoms with Crippen molar-refractivity contribution < 1.29 is 19.0 Å². The Kier molecular flexibility index (Phi) is 5.86. The molecular formula is C20H25N5O4. The van der Waals surface area contributed by atoms with Gasteiger partial charge in [0.1, 0.15) is 12.2 Å². The third-order valence-electron chi connectivity index (χ3n) is 3.98. The second kappa shape index (κ2) is 8.34. The maximum absolute atomic E-state index is 12.0. The summed E-state index contributed by atoms with van der Waals surface area (Å²) in [6.07, 6.45) is 4.74. The Labute approximate surface area is 169 Å². The number of nitrogens with zero attached hydrogens (tertiary/aromatic N) is 5. The predicted molar refractivity (Wildman–Crippen MR) is 107 cm³/mol. The lowest BCUT2D eigenvalue weighted by atomic mass is 10.1. The van der Waals surface area contributed by atoms with Gasteiger partial charge in [0.15, 0.2) is 5.65 Å². The first-order chi connectivity index (χ1) is 13.8. The number of carbonyl (C=O) groups excluding carboxylic acids is 1. The number of carbonyl (C=O) groups is 1. The van der Waals surface area contributed by atoms with Crippen molar-refractivity contribution in [1.82, 2.24) is 24.5 Å². The zero-order chi connectivity index (χ0) is 21.0. The van der Waals surface area contributed by atoms with E-state index in [1.807, 2.05) is 32.9 Å². The molecule has 0 atom stereocenters. The van der Waals surface area contributed by atoms with Crippen LogP contribution in [0.5, 0.6) is 11.8 Å². The normalized spacial score (nSPS) is 11.3. The summed E-state index contributed by atoms with van der Waals surface area (Å²) in [7, 11) is 3.23. The van der Waals surface area contributed by atoms with E-state index in [0.717, 1.165) is 11.1 Å². The van der Waals surface area contributed by atoms with Crippen LogP contribution in [0.15, 0.2) is 36.8 Å². The molecule has 3 rings (SSSR count). The molecule has 3 aromatic rings. The largest absolute Gasteiger partial charge is 0.481 e. The van der Waals surface area contributed by atoms with Crippen molar-refractivity contribution in [2.45, 2.75) is 26.4 Å². The molecule has 0 aromatic carbocycles. The highest BCUT2D eigenvalue weighted by atomic mass is 16.6. The molecule has 154 valence electrons. The summed E-state index contributed by atoms with van der Waals surface area (Å²) < 4.78 is 18.0. The molecule has 1 amide bonds. The van der Waals surface area contributed by atoms with Gasteiger partial charge >= 0.3 is 6.09 Å². The average Bonchev–Trinajstić information content (AvgIpc) is 3.09. The van der Waals surface area contributed by atoms with Crippen LogP contribution in [0.1, 0.15) is 20.8 Å². The fourth-order valence-electron chi connectivity index (χ4n) is 2.60. The second-order valence-electron chi connectivity index (χ2n) is 7.40. The number of aromatic nitrogens is 4. The van der Waals surface area contributed by atoms with Crippen LogP contribution in [0, 0.1) is 0 Å². The summed E-state index contributed by atoms with van der Waals surface area (Å²) in [5.41, 5.74) is 1.66. The number of rotatable bonds is 6. The van der Waals surface area contributed by atoms with E-state index >= 15 is 0 Å². The summed E-state index contributed by atoms with van der Waals surface area (Å²) in [5, 5.41) is 4.32. The summed E-state index contributed by atoms with van der Waals surface area (Å²) in [4.78, 5) is 22.2. The summed E-state index contributed by atoms with van der Waals surface area (Å²) >= 11 is 0. The van der Waals surface area contributed by atoms with Gasteiger partial charge in [-0.05, 0) is 32.9 Å². The average molecular weight is 399 g/mol.